The number of nitrogens with two attached hydrogens (primary N) is 1. The van der Waals surface area contributed by atoms with Crippen LogP contribution >= 0.6 is 11.6 Å². The van der Waals surface area contributed by atoms with Gasteiger partial charge >= 0.3 is 0 Å². The maximum Gasteiger partial charge on any atom is 0.255 e. The molecule has 0 saturated carbocycles. The Balaban J connectivity index is 1.30. The van der Waals surface area contributed by atoms with Crippen LogP contribution in [0.3, 0.4) is 0 Å². The van der Waals surface area contributed by atoms with E-state index >= 15 is 0 Å². The van der Waals surface area contributed by atoms with Gasteiger partial charge in [-0.25, -0.2) is 0 Å². The van der Waals surface area contributed by atoms with Gasteiger partial charge in [-0.2, -0.15) is 0 Å². The number of benzene rings is 3. The average molecular weight is 462 g/mol. The van der Waals surface area contributed by atoms with Crippen LogP contribution in [-0.4, -0.2) is 29.7 Å². The van der Waals surface area contributed by atoms with Crippen LogP contribution in [0.15, 0.2) is 78.9 Å². The third-order valence-electron chi connectivity index (χ3n) is 6.15. The van der Waals surface area contributed by atoms with Gasteiger partial charge in [0.05, 0.1) is 6.04 Å². The van der Waals surface area contributed by atoms with Gasteiger partial charge in [0.25, 0.3) is 5.91 Å². The molecule has 0 aliphatic carbocycles. The number of piperidine rings is 1. The Hall–Kier alpha value is -2.99. The maximum atomic E-state index is 12.9. The minimum Gasteiger partial charge on any atom is -0.322 e. The van der Waals surface area contributed by atoms with Crippen LogP contribution in [0.2, 0.25) is 5.02 Å². The molecule has 1 heterocycles. The zero-order valence-corrected chi connectivity index (χ0v) is 19.2. The van der Waals surface area contributed by atoms with E-state index in [1.54, 1.807) is 24.3 Å². The van der Waals surface area contributed by atoms with Crippen LogP contribution < -0.4 is 11.1 Å². The number of nitrogens with zero attached hydrogens (tertiary/aromatic N) is 1. The van der Waals surface area contributed by atoms with Gasteiger partial charge < -0.3 is 11.1 Å². The van der Waals surface area contributed by atoms with Gasteiger partial charge in [-0.3, -0.25) is 14.5 Å². The first-order valence-electron chi connectivity index (χ1n) is 11.2. The summed E-state index contributed by atoms with van der Waals surface area (Å²) in [7, 11) is 0. The summed E-state index contributed by atoms with van der Waals surface area (Å²) in [5.74, 6) is -0.0351. The fraction of sp³-hybridized carbons (Fsp3) is 0.259. The molecule has 1 unspecified atom stereocenters. The van der Waals surface area contributed by atoms with E-state index < -0.39 is 6.04 Å². The number of carbonyl (C=O) groups excluding carboxylic acids is 2. The second-order valence-corrected chi connectivity index (χ2v) is 8.94. The predicted octanol–water partition coefficient (Wildman–Crippen LogP) is 5.07. The van der Waals surface area contributed by atoms with Gasteiger partial charge in [0, 0.05) is 28.7 Å². The van der Waals surface area contributed by atoms with Crippen molar-refractivity contribution in [3.05, 3.63) is 101 Å². The largest absolute Gasteiger partial charge is 0.322 e. The van der Waals surface area contributed by atoms with E-state index in [1.807, 2.05) is 48.5 Å². The Labute approximate surface area is 199 Å². The lowest BCUT2D eigenvalue weighted by molar-refractivity contribution is -0.125. The van der Waals surface area contributed by atoms with Crippen LogP contribution in [-0.2, 0) is 11.3 Å². The van der Waals surface area contributed by atoms with E-state index in [4.69, 9.17) is 17.3 Å². The zero-order chi connectivity index (χ0) is 23.2. The molecule has 0 bridgehead atoms. The highest BCUT2D eigenvalue weighted by atomic mass is 35.5. The summed E-state index contributed by atoms with van der Waals surface area (Å²) in [4.78, 5) is 27.7. The van der Waals surface area contributed by atoms with E-state index in [9.17, 15) is 9.59 Å². The summed E-state index contributed by atoms with van der Waals surface area (Å²) in [5, 5.41) is 3.54. The molecule has 1 saturated heterocycles. The summed E-state index contributed by atoms with van der Waals surface area (Å²) in [6.45, 7) is 2.47. The van der Waals surface area contributed by atoms with Gasteiger partial charge in [-0.05, 0) is 73.5 Å². The zero-order valence-electron chi connectivity index (χ0n) is 18.4. The smallest absolute Gasteiger partial charge is 0.255 e. The number of Topliss-reactive ketones (excluding diaryl/α,β-unsaturated/α-hetero) is 1. The second kappa shape index (κ2) is 10.8. The number of hydrogen-bond acceptors (Lipinski definition) is 4. The van der Waals surface area contributed by atoms with Gasteiger partial charge in [0.15, 0.2) is 5.78 Å². The number of amides is 1. The molecular weight excluding hydrogens is 434 g/mol. The van der Waals surface area contributed by atoms with Gasteiger partial charge in [-0.15, -0.1) is 0 Å². The molecule has 1 atom stereocenters. The molecule has 1 amide bonds. The highest BCUT2D eigenvalue weighted by Crippen LogP contribution is 2.25. The number of ketones is 1. The highest BCUT2D eigenvalue weighted by molar-refractivity contribution is 6.30. The normalized spacial score (nSPS) is 15.7. The Morgan fingerprint density at radius 1 is 0.970 bits per heavy atom. The van der Waals surface area contributed by atoms with Gasteiger partial charge in [0.1, 0.15) is 0 Å². The minimum absolute atomic E-state index is 0.00135. The Morgan fingerprint density at radius 2 is 1.67 bits per heavy atom. The number of nitrogens with one attached hydrogen (secondary N) is 1. The number of rotatable bonds is 7. The molecule has 3 N–H and O–H groups in total. The molecule has 1 fully saturated rings. The van der Waals surface area contributed by atoms with Crippen molar-refractivity contribution in [1.82, 2.24) is 4.90 Å². The van der Waals surface area contributed by atoms with Crippen molar-refractivity contribution >= 4 is 29.0 Å². The third kappa shape index (κ3) is 6.08. The lowest BCUT2D eigenvalue weighted by Crippen LogP contribution is -2.38. The summed E-state index contributed by atoms with van der Waals surface area (Å²) in [6, 6.07) is 23.7. The second-order valence-electron chi connectivity index (χ2n) is 8.50. The van der Waals surface area contributed by atoms with Crippen molar-refractivity contribution in [1.29, 1.82) is 0 Å². The fourth-order valence-electron chi connectivity index (χ4n) is 4.26. The SMILES string of the molecule is NC(C(=O)C1CCN(Cc2cccc(NC(=O)c3ccc(Cl)cc3)c2)CC1)c1ccccc1. The quantitative estimate of drug-likeness (QED) is 0.514. The number of hydrogen-bond donors (Lipinski definition) is 2. The van der Waals surface area contributed by atoms with Crippen molar-refractivity contribution in [2.75, 3.05) is 18.4 Å². The molecule has 0 radical (unpaired) electrons. The maximum absolute atomic E-state index is 12.9. The van der Waals surface area contributed by atoms with E-state index in [2.05, 4.69) is 16.3 Å². The number of likely N-dealkylation sites (tertiary alicyclic amines) is 1. The molecule has 170 valence electrons. The molecule has 0 spiro atoms. The average Bonchev–Trinajstić information content (AvgIpc) is 2.85. The van der Waals surface area contributed by atoms with E-state index in [0.29, 0.717) is 10.6 Å². The fourth-order valence-corrected chi connectivity index (χ4v) is 4.39. The molecule has 4 rings (SSSR count). The molecule has 1 aliphatic heterocycles. The van der Waals surface area contributed by atoms with Gasteiger partial charge in [-0.1, -0.05) is 54.1 Å². The summed E-state index contributed by atoms with van der Waals surface area (Å²) >= 11 is 5.90. The summed E-state index contributed by atoms with van der Waals surface area (Å²) < 4.78 is 0. The first kappa shape index (κ1) is 23.2. The molecular formula is C27H28ClN3O2. The number of anilines is 1. The van der Waals surface area contributed by atoms with Crippen molar-refractivity contribution in [3.63, 3.8) is 0 Å². The summed E-state index contributed by atoms with van der Waals surface area (Å²) in [6.07, 6.45) is 1.62. The Kier molecular flexibility index (Phi) is 7.55. The van der Waals surface area contributed by atoms with E-state index in [1.165, 1.54) is 0 Å². The first-order chi connectivity index (χ1) is 16.0. The summed E-state index contributed by atoms with van der Waals surface area (Å²) in [5.41, 5.74) is 9.54. The topological polar surface area (TPSA) is 75.4 Å². The van der Waals surface area contributed by atoms with E-state index in [0.717, 1.165) is 49.3 Å². The lowest BCUT2D eigenvalue weighted by Gasteiger charge is -2.32. The van der Waals surface area contributed by atoms with Crippen molar-refractivity contribution in [2.24, 2.45) is 11.7 Å². The molecule has 3 aromatic carbocycles. The van der Waals surface area contributed by atoms with Crippen LogP contribution in [0.4, 0.5) is 5.69 Å². The minimum atomic E-state index is -0.552. The predicted molar refractivity (Wildman–Crippen MR) is 132 cm³/mol. The highest BCUT2D eigenvalue weighted by Gasteiger charge is 2.29. The van der Waals surface area contributed by atoms with Crippen molar-refractivity contribution < 1.29 is 9.59 Å². The standard InChI is InChI=1S/C27H28ClN3O2/c28-23-11-9-22(10-12-23)27(33)30-24-8-4-5-19(17-24)18-31-15-13-21(14-16-31)26(32)25(29)20-6-2-1-3-7-20/h1-12,17,21,25H,13-16,18,29H2,(H,30,33). The monoisotopic (exact) mass is 461 g/mol. The molecule has 6 heteroatoms. The Morgan fingerprint density at radius 3 is 2.36 bits per heavy atom. The van der Waals surface area contributed by atoms with Crippen LogP contribution in [0.5, 0.6) is 0 Å². The van der Waals surface area contributed by atoms with Crippen LogP contribution in [0.25, 0.3) is 0 Å². The van der Waals surface area contributed by atoms with Crippen molar-refractivity contribution in [3.8, 4) is 0 Å². The van der Waals surface area contributed by atoms with Crippen LogP contribution in [0, 0.1) is 5.92 Å². The first-order valence-corrected chi connectivity index (χ1v) is 11.6. The van der Waals surface area contributed by atoms with Gasteiger partial charge in [0.2, 0.25) is 0 Å². The Bertz CT molecular complexity index is 1090. The van der Waals surface area contributed by atoms with Crippen LogP contribution in [0.1, 0.15) is 40.4 Å². The van der Waals surface area contributed by atoms with E-state index in [-0.39, 0.29) is 17.6 Å². The van der Waals surface area contributed by atoms with Crippen molar-refractivity contribution in [2.45, 2.75) is 25.4 Å². The molecule has 33 heavy (non-hydrogen) atoms. The molecule has 3 aromatic rings. The number of carbonyl (C=O) groups is 2. The molecule has 0 aromatic heterocycles. The molecule has 1 aliphatic rings. The molecule has 5 nitrogen and oxygen atoms in total. The lowest BCUT2D eigenvalue weighted by atomic mass is 9.86. The third-order valence-corrected chi connectivity index (χ3v) is 6.40. The number of halogens is 1.